The number of likely N-dealkylation sites (N-methyl/N-ethyl adjacent to an activating group) is 1. The van der Waals surface area contributed by atoms with Crippen LogP contribution >= 0.6 is 23.4 Å². The van der Waals surface area contributed by atoms with Crippen LogP contribution in [0.15, 0.2) is 64.5 Å². The van der Waals surface area contributed by atoms with Crippen molar-refractivity contribution >= 4 is 46.2 Å². The van der Waals surface area contributed by atoms with Gasteiger partial charge in [-0.25, -0.2) is 4.99 Å². The van der Waals surface area contributed by atoms with Gasteiger partial charge in [-0.3, -0.25) is 9.69 Å². The van der Waals surface area contributed by atoms with E-state index >= 15 is 0 Å². The summed E-state index contributed by atoms with van der Waals surface area (Å²) in [4.78, 5) is 19.5. The van der Waals surface area contributed by atoms with Crippen LogP contribution in [0.4, 0.5) is 5.69 Å². The van der Waals surface area contributed by atoms with Crippen molar-refractivity contribution in [1.29, 1.82) is 0 Å². The molecule has 0 bridgehead atoms. The standard InChI is InChI=1S/C18H15ClN2OS/c1-2-21-17(22)16(11-13-7-4-3-5-8-13)23-18(21)20-15-10-6-9-14(19)12-15/h3-12H,2H2,1H3/b16-11+,20-18?. The number of carbonyl (C=O) groups is 1. The zero-order chi connectivity index (χ0) is 16.2. The lowest BCUT2D eigenvalue weighted by molar-refractivity contribution is -0.122. The van der Waals surface area contributed by atoms with Crippen LogP contribution in [0.25, 0.3) is 6.08 Å². The van der Waals surface area contributed by atoms with Gasteiger partial charge in [0.15, 0.2) is 5.17 Å². The molecule has 1 aliphatic rings. The van der Waals surface area contributed by atoms with Crippen LogP contribution in [0.3, 0.4) is 0 Å². The molecule has 3 nitrogen and oxygen atoms in total. The molecule has 1 fully saturated rings. The number of amidine groups is 1. The fraction of sp³-hybridized carbons (Fsp3) is 0.111. The summed E-state index contributed by atoms with van der Waals surface area (Å²) < 4.78 is 0. The van der Waals surface area contributed by atoms with E-state index in [2.05, 4.69) is 4.99 Å². The molecular formula is C18H15ClN2OS. The summed E-state index contributed by atoms with van der Waals surface area (Å²) >= 11 is 7.39. The molecule has 1 amide bonds. The maximum atomic E-state index is 12.5. The smallest absolute Gasteiger partial charge is 0.266 e. The van der Waals surface area contributed by atoms with Gasteiger partial charge < -0.3 is 0 Å². The maximum Gasteiger partial charge on any atom is 0.266 e. The Balaban J connectivity index is 1.93. The number of halogens is 1. The largest absolute Gasteiger partial charge is 0.287 e. The Morgan fingerprint density at radius 2 is 1.96 bits per heavy atom. The third kappa shape index (κ3) is 3.66. The van der Waals surface area contributed by atoms with Crippen LogP contribution in [0, 0.1) is 0 Å². The molecule has 1 aliphatic heterocycles. The zero-order valence-corrected chi connectivity index (χ0v) is 14.1. The van der Waals surface area contributed by atoms with Gasteiger partial charge in [-0.1, -0.05) is 48.0 Å². The Morgan fingerprint density at radius 1 is 1.17 bits per heavy atom. The second-order valence-corrected chi connectivity index (χ2v) is 6.39. The summed E-state index contributed by atoms with van der Waals surface area (Å²) in [6.45, 7) is 2.52. The minimum absolute atomic E-state index is 0.0119. The molecular weight excluding hydrogens is 328 g/mol. The number of hydrogen-bond donors (Lipinski definition) is 0. The Hall–Kier alpha value is -2.04. The van der Waals surface area contributed by atoms with Gasteiger partial charge in [-0.2, -0.15) is 0 Å². The first-order valence-electron chi connectivity index (χ1n) is 7.28. The van der Waals surface area contributed by atoms with Crippen LogP contribution in [-0.2, 0) is 4.79 Å². The van der Waals surface area contributed by atoms with Crippen molar-refractivity contribution in [3.8, 4) is 0 Å². The van der Waals surface area contributed by atoms with E-state index in [9.17, 15) is 4.79 Å². The molecule has 2 aromatic carbocycles. The number of nitrogens with zero attached hydrogens (tertiary/aromatic N) is 2. The third-order valence-corrected chi connectivity index (χ3v) is 4.58. The summed E-state index contributed by atoms with van der Waals surface area (Å²) in [5.74, 6) is -0.0119. The number of thioether (sulfide) groups is 1. The van der Waals surface area contributed by atoms with Crippen molar-refractivity contribution in [3.63, 3.8) is 0 Å². The average molecular weight is 343 g/mol. The second kappa shape index (κ2) is 7.02. The molecule has 0 atom stereocenters. The van der Waals surface area contributed by atoms with E-state index in [-0.39, 0.29) is 5.91 Å². The summed E-state index contributed by atoms with van der Waals surface area (Å²) in [7, 11) is 0. The normalized spacial score (nSPS) is 18.2. The van der Waals surface area contributed by atoms with E-state index < -0.39 is 0 Å². The molecule has 0 spiro atoms. The van der Waals surface area contributed by atoms with E-state index in [1.807, 2.05) is 55.5 Å². The number of rotatable bonds is 3. The van der Waals surface area contributed by atoms with Crippen molar-refractivity contribution in [2.75, 3.05) is 6.54 Å². The minimum Gasteiger partial charge on any atom is -0.287 e. The molecule has 3 rings (SSSR count). The molecule has 1 heterocycles. The van der Waals surface area contributed by atoms with Crippen LogP contribution < -0.4 is 0 Å². The highest BCUT2D eigenvalue weighted by molar-refractivity contribution is 8.18. The number of carbonyl (C=O) groups excluding carboxylic acids is 1. The zero-order valence-electron chi connectivity index (χ0n) is 12.6. The lowest BCUT2D eigenvalue weighted by Crippen LogP contribution is -2.28. The first-order valence-corrected chi connectivity index (χ1v) is 8.47. The van der Waals surface area contributed by atoms with Gasteiger partial charge in [0.1, 0.15) is 0 Å². The lowest BCUT2D eigenvalue weighted by atomic mass is 10.2. The SMILES string of the molecule is CCN1C(=O)/C(=C\c2ccccc2)SC1=Nc1cccc(Cl)c1. The molecule has 116 valence electrons. The van der Waals surface area contributed by atoms with Crippen LogP contribution in [0.1, 0.15) is 12.5 Å². The van der Waals surface area contributed by atoms with Crippen molar-refractivity contribution in [3.05, 3.63) is 70.1 Å². The monoisotopic (exact) mass is 342 g/mol. The molecule has 5 heteroatoms. The van der Waals surface area contributed by atoms with E-state index in [1.165, 1.54) is 11.8 Å². The Morgan fingerprint density at radius 3 is 2.65 bits per heavy atom. The molecule has 0 unspecified atom stereocenters. The molecule has 2 aromatic rings. The number of aliphatic imine (C=N–C) groups is 1. The molecule has 0 saturated carbocycles. The highest BCUT2D eigenvalue weighted by Crippen LogP contribution is 2.34. The Bertz CT molecular complexity index is 787. The topological polar surface area (TPSA) is 32.7 Å². The van der Waals surface area contributed by atoms with Crippen molar-refractivity contribution in [2.45, 2.75) is 6.92 Å². The highest BCUT2D eigenvalue weighted by Gasteiger charge is 2.32. The number of amides is 1. The molecule has 23 heavy (non-hydrogen) atoms. The maximum absolute atomic E-state index is 12.5. The van der Waals surface area contributed by atoms with Crippen molar-refractivity contribution < 1.29 is 4.79 Å². The Labute approximate surface area is 144 Å². The van der Waals surface area contributed by atoms with E-state index in [0.717, 1.165) is 11.3 Å². The fourth-order valence-corrected chi connectivity index (χ4v) is 3.47. The van der Waals surface area contributed by atoms with Crippen LogP contribution in [0.5, 0.6) is 0 Å². The first-order chi connectivity index (χ1) is 11.2. The van der Waals surface area contributed by atoms with Crippen LogP contribution in [0.2, 0.25) is 5.02 Å². The average Bonchev–Trinajstić information content (AvgIpc) is 2.83. The predicted octanol–water partition coefficient (Wildman–Crippen LogP) is 4.96. The summed E-state index contributed by atoms with van der Waals surface area (Å²) in [6, 6.07) is 17.1. The molecule has 0 aliphatic carbocycles. The summed E-state index contributed by atoms with van der Waals surface area (Å²) in [5.41, 5.74) is 1.75. The van der Waals surface area contributed by atoms with E-state index in [4.69, 9.17) is 11.6 Å². The fourth-order valence-electron chi connectivity index (χ4n) is 2.23. The number of benzene rings is 2. The molecule has 1 saturated heterocycles. The summed E-state index contributed by atoms with van der Waals surface area (Å²) in [5, 5.41) is 1.31. The van der Waals surface area contributed by atoms with Gasteiger partial charge in [0.25, 0.3) is 5.91 Å². The second-order valence-electron chi connectivity index (χ2n) is 4.94. The minimum atomic E-state index is -0.0119. The lowest BCUT2D eigenvalue weighted by Gasteiger charge is -2.11. The van der Waals surface area contributed by atoms with E-state index in [0.29, 0.717) is 21.6 Å². The van der Waals surface area contributed by atoms with Gasteiger partial charge >= 0.3 is 0 Å². The summed E-state index contributed by atoms with van der Waals surface area (Å²) in [6.07, 6.45) is 1.90. The van der Waals surface area contributed by atoms with Crippen molar-refractivity contribution in [1.82, 2.24) is 4.90 Å². The number of hydrogen-bond acceptors (Lipinski definition) is 3. The van der Waals surface area contributed by atoms with Crippen molar-refractivity contribution in [2.24, 2.45) is 4.99 Å². The van der Waals surface area contributed by atoms with Gasteiger partial charge in [0, 0.05) is 11.6 Å². The van der Waals surface area contributed by atoms with Gasteiger partial charge in [0.05, 0.1) is 10.6 Å². The molecule has 0 radical (unpaired) electrons. The van der Waals surface area contributed by atoms with E-state index in [1.54, 1.807) is 17.0 Å². The molecule has 0 aromatic heterocycles. The molecule has 0 N–H and O–H groups in total. The predicted molar refractivity (Wildman–Crippen MR) is 97.9 cm³/mol. The third-order valence-electron chi connectivity index (χ3n) is 3.33. The van der Waals surface area contributed by atoms with Crippen LogP contribution in [-0.4, -0.2) is 22.5 Å². The van der Waals surface area contributed by atoms with Gasteiger partial charge in [0.2, 0.25) is 0 Å². The highest BCUT2D eigenvalue weighted by atomic mass is 35.5. The Kier molecular flexibility index (Phi) is 4.84. The first kappa shape index (κ1) is 15.8. The quantitative estimate of drug-likeness (QED) is 0.738. The van der Waals surface area contributed by atoms with Gasteiger partial charge in [-0.15, -0.1) is 0 Å². The van der Waals surface area contributed by atoms with Gasteiger partial charge in [-0.05, 0) is 48.5 Å².